The molecule has 0 fully saturated rings. The molecular weight excluding hydrogens is 292 g/mol. The van der Waals surface area contributed by atoms with Crippen molar-refractivity contribution in [2.45, 2.75) is 32.7 Å². The van der Waals surface area contributed by atoms with Gasteiger partial charge in [0.25, 0.3) is 0 Å². The molecule has 21 heavy (non-hydrogen) atoms. The molecular formula is C14H20N2O4S. The Morgan fingerprint density at radius 2 is 2.14 bits per heavy atom. The summed E-state index contributed by atoms with van der Waals surface area (Å²) in [6, 6.07) is 3.40. The second-order valence-corrected chi connectivity index (χ2v) is 5.36. The van der Waals surface area contributed by atoms with Crippen molar-refractivity contribution in [3.8, 4) is 0 Å². The van der Waals surface area contributed by atoms with E-state index < -0.39 is 0 Å². The van der Waals surface area contributed by atoms with Crippen LogP contribution in [0.2, 0.25) is 0 Å². The van der Waals surface area contributed by atoms with E-state index in [0.717, 1.165) is 4.88 Å². The van der Waals surface area contributed by atoms with Gasteiger partial charge < -0.3 is 15.4 Å². The number of amides is 2. The summed E-state index contributed by atoms with van der Waals surface area (Å²) in [5, 5.41) is 7.29. The van der Waals surface area contributed by atoms with Crippen LogP contribution in [0.3, 0.4) is 0 Å². The van der Waals surface area contributed by atoms with Gasteiger partial charge in [0.05, 0.1) is 25.5 Å². The third kappa shape index (κ3) is 6.89. The maximum atomic E-state index is 11.9. The highest BCUT2D eigenvalue weighted by molar-refractivity contribution is 7.10. The second kappa shape index (κ2) is 9.12. The lowest BCUT2D eigenvalue weighted by atomic mass is 10.1. The molecule has 1 heterocycles. The number of rotatable bonds is 8. The van der Waals surface area contributed by atoms with Crippen molar-refractivity contribution in [2.75, 3.05) is 13.2 Å². The maximum absolute atomic E-state index is 11.9. The maximum Gasteiger partial charge on any atom is 0.307 e. The van der Waals surface area contributed by atoms with Crippen molar-refractivity contribution < 1.29 is 19.1 Å². The van der Waals surface area contributed by atoms with E-state index in [1.807, 2.05) is 17.5 Å². The minimum atomic E-state index is -0.343. The molecule has 0 aliphatic carbocycles. The monoisotopic (exact) mass is 312 g/mol. The fourth-order valence-corrected chi connectivity index (χ4v) is 2.53. The zero-order valence-corrected chi connectivity index (χ0v) is 13.0. The first-order valence-corrected chi connectivity index (χ1v) is 7.63. The summed E-state index contributed by atoms with van der Waals surface area (Å²) in [5.41, 5.74) is 0. The molecule has 1 aromatic rings. The fourth-order valence-electron chi connectivity index (χ4n) is 1.75. The summed E-state index contributed by atoms with van der Waals surface area (Å²) in [4.78, 5) is 35.1. The molecule has 1 aromatic heterocycles. The van der Waals surface area contributed by atoms with Gasteiger partial charge in [-0.1, -0.05) is 6.07 Å². The summed E-state index contributed by atoms with van der Waals surface area (Å²) < 4.78 is 4.77. The van der Waals surface area contributed by atoms with Gasteiger partial charge in [-0.15, -0.1) is 11.3 Å². The molecule has 0 aliphatic rings. The molecule has 7 heteroatoms. The first kappa shape index (κ1) is 17.2. The summed E-state index contributed by atoms with van der Waals surface area (Å²) >= 11 is 1.48. The normalized spacial score (nSPS) is 11.5. The smallest absolute Gasteiger partial charge is 0.307 e. The Bertz CT molecular complexity index is 473. The number of carbonyl (C=O) groups excluding carboxylic acids is 3. The van der Waals surface area contributed by atoms with E-state index in [0.29, 0.717) is 6.61 Å². The topological polar surface area (TPSA) is 84.5 Å². The van der Waals surface area contributed by atoms with E-state index in [2.05, 4.69) is 10.6 Å². The van der Waals surface area contributed by atoms with Gasteiger partial charge in [-0.25, -0.2) is 0 Å². The zero-order chi connectivity index (χ0) is 15.7. The first-order valence-electron chi connectivity index (χ1n) is 6.75. The van der Waals surface area contributed by atoms with Crippen LogP contribution in [0.4, 0.5) is 0 Å². The minimum Gasteiger partial charge on any atom is -0.466 e. The lowest BCUT2D eigenvalue weighted by Crippen LogP contribution is -2.33. The highest BCUT2D eigenvalue weighted by Crippen LogP contribution is 2.21. The molecule has 116 valence electrons. The highest BCUT2D eigenvalue weighted by atomic mass is 32.1. The van der Waals surface area contributed by atoms with Crippen LogP contribution in [-0.4, -0.2) is 30.9 Å². The van der Waals surface area contributed by atoms with Gasteiger partial charge in [-0.2, -0.15) is 0 Å². The van der Waals surface area contributed by atoms with Crippen LogP contribution in [-0.2, 0) is 19.1 Å². The van der Waals surface area contributed by atoms with Crippen LogP contribution in [0.5, 0.6) is 0 Å². The molecule has 0 aliphatic heterocycles. The van der Waals surface area contributed by atoms with Gasteiger partial charge in [-0.3, -0.25) is 14.4 Å². The molecule has 1 unspecified atom stereocenters. The number of nitrogens with one attached hydrogen (secondary N) is 2. The second-order valence-electron chi connectivity index (χ2n) is 4.38. The zero-order valence-electron chi connectivity index (χ0n) is 12.2. The van der Waals surface area contributed by atoms with Gasteiger partial charge in [0.1, 0.15) is 0 Å². The van der Waals surface area contributed by atoms with Crippen LogP contribution in [0.1, 0.15) is 37.6 Å². The molecule has 6 nitrogen and oxygen atoms in total. The van der Waals surface area contributed by atoms with E-state index >= 15 is 0 Å². The Labute approximate surface area is 127 Å². The number of hydrogen-bond acceptors (Lipinski definition) is 5. The van der Waals surface area contributed by atoms with Gasteiger partial charge in [0.15, 0.2) is 0 Å². The lowest BCUT2D eigenvalue weighted by Gasteiger charge is -2.16. The largest absolute Gasteiger partial charge is 0.466 e. The molecule has 0 radical (unpaired) electrons. The Balaban J connectivity index is 2.42. The Hall–Kier alpha value is -1.89. The number of ether oxygens (including phenoxy) is 1. The van der Waals surface area contributed by atoms with Crippen molar-refractivity contribution in [3.05, 3.63) is 22.4 Å². The Morgan fingerprint density at radius 3 is 2.71 bits per heavy atom. The number of carbonyl (C=O) groups is 3. The van der Waals surface area contributed by atoms with E-state index in [-0.39, 0.29) is 43.2 Å². The number of esters is 1. The molecule has 0 spiro atoms. The average Bonchev–Trinajstić information content (AvgIpc) is 2.91. The van der Waals surface area contributed by atoms with Crippen LogP contribution in [0, 0.1) is 0 Å². The molecule has 0 aromatic carbocycles. The van der Waals surface area contributed by atoms with Gasteiger partial charge in [0, 0.05) is 18.3 Å². The quantitative estimate of drug-likeness (QED) is 0.710. The van der Waals surface area contributed by atoms with Gasteiger partial charge >= 0.3 is 5.97 Å². The van der Waals surface area contributed by atoms with E-state index in [9.17, 15) is 14.4 Å². The average molecular weight is 312 g/mol. The predicted molar refractivity (Wildman–Crippen MR) is 79.8 cm³/mol. The Morgan fingerprint density at radius 1 is 1.38 bits per heavy atom. The van der Waals surface area contributed by atoms with Crippen LogP contribution < -0.4 is 10.6 Å². The molecule has 2 N–H and O–H groups in total. The third-order valence-corrected chi connectivity index (χ3v) is 3.60. The van der Waals surface area contributed by atoms with Gasteiger partial charge in [0.2, 0.25) is 11.8 Å². The molecule has 0 saturated heterocycles. The van der Waals surface area contributed by atoms with Crippen molar-refractivity contribution >= 4 is 29.1 Å². The van der Waals surface area contributed by atoms with Crippen LogP contribution >= 0.6 is 11.3 Å². The van der Waals surface area contributed by atoms with Gasteiger partial charge in [-0.05, 0) is 18.4 Å². The number of hydrogen-bond donors (Lipinski definition) is 2. The molecule has 1 rings (SSSR count). The van der Waals surface area contributed by atoms with Crippen molar-refractivity contribution in [2.24, 2.45) is 0 Å². The SMILES string of the molecule is CCOC(=O)CCNC(=O)CC(NC(C)=O)c1cccs1. The third-order valence-electron chi connectivity index (χ3n) is 2.61. The summed E-state index contributed by atoms with van der Waals surface area (Å²) in [5.74, 6) is -0.742. The van der Waals surface area contributed by atoms with Crippen molar-refractivity contribution in [1.82, 2.24) is 10.6 Å². The fraction of sp³-hybridized carbons (Fsp3) is 0.500. The Kier molecular flexibility index (Phi) is 7.45. The molecule has 0 saturated carbocycles. The van der Waals surface area contributed by atoms with Crippen LogP contribution in [0.25, 0.3) is 0 Å². The highest BCUT2D eigenvalue weighted by Gasteiger charge is 2.18. The van der Waals surface area contributed by atoms with E-state index in [4.69, 9.17) is 4.74 Å². The summed E-state index contributed by atoms with van der Waals surface area (Å²) in [6.45, 7) is 3.71. The van der Waals surface area contributed by atoms with E-state index in [1.54, 1.807) is 6.92 Å². The molecule has 1 atom stereocenters. The molecule has 2 amide bonds. The van der Waals surface area contributed by atoms with Crippen LogP contribution in [0.15, 0.2) is 17.5 Å². The number of thiophene rings is 1. The van der Waals surface area contributed by atoms with Crippen molar-refractivity contribution in [1.29, 1.82) is 0 Å². The van der Waals surface area contributed by atoms with E-state index in [1.165, 1.54) is 18.3 Å². The predicted octanol–water partition coefficient (Wildman–Crippen LogP) is 1.38. The standard InChI is InChI=1S/C14H20N2O4S/c1-3-20-14(19)6-7-15-13(18)9-11(16-10(2)17)12-5-4-8-21-12/h4-5,8,11H,3,6-7,9H2,1-2H3,(H,15,18)(H,16,17). The lowest BCUT2D eigenvalue weighted by molar-refractivity contribution is -0.143. The first-order chi connectivity index (χ1) is 10.0. The minimum absolute atomic E-state index is 0.142. The summed E-state index contributed by atoms with van der Waals surface area (Å²) in [7, 11) is 0. The molecule has 0 bridgehead atoms. The van der Waals surface area contributed by atoms with Crippen molar-refractivity contribution in [3.63, 3.8) is 0 Å². The summed E-state index contributed by atoms with van der Waals surface area (Å²) in [6.07, 6.45) is 0.284.